The third kappa shape index (κ3) is 3.56. The molecule has 7 heteroatoms. The molecule has 0 aromatic heterocycles. The first-order valence-corrected chi connectivity index (χ1v) is 8.10. The zero-order chi connectivity index (χ0) is 17.1. The molecule has 2 aliphatic heterocycles. The molecule has 2 heterocycles. The molecule has 2 aliphatic rings. The Bertz CT molecular complexity index is 655. The highest BCUT2D eigenvalue weighted by Crippen LogP contribution is 2.17. The molecule has 0 bridgehead atoms. The fourth-order valence-corrected chi connectivity index (χ4v) is 2.85. The van der Waals surface area contributed by atoms with E-state index < -0.39 is 6.10 Å². The van der Waals surface area contributed by atoms with Crippen LogP contribution in [0.1, 0.15) is 23.2 Å². The Balaban J connectivity index is 1.67. The highest BCUT2D eigenvalue weighted by molar-refractivity contribution is 5.99. The van der Waals surface area contributed by atoms with Crippen LogP contribution in [0, 0.1) is 0 Å². The van der Waals surface area contributed by atoms with Crippen molar-refractivity contribution in [2.75, 3.05) is 38.6 Å². The number of benzene rings is 1. The van der Waals surface area contributed by atoms with Crippen LogP contribution in [0.5, 0.6) is 0 Å². The first-order chi connectivity index (χ1) is 11.5. The molecule has 1 aromatic carbocycles. The van der Waals surface area contributed by atoms with E-state index in [1.54, 1.807) is 36.2 Å². The average Bonchev–Trinajstić information content (AvgIpc) is 3.12. The highest BCUT2D eigenvalue weighted by atomic mass is 16.5. The molecule has 1 aromatic rings. The first-order valence-electron chi connectivity index (χ1n) is 8.10. The number of anilines is 1. The Morgan fingerprint density at radius 3 is 2.83 bits per heavy atom. The monoisotopic (exact) mass is 331 g/mol. The highest BCUT2D eigenvalue weighted by Gasteiger charge is 2.26. The van der Waals surface area contributed by atoms with Crippen molar-refractivity contribution >= 4 is 23.4 Å². The van der Waals surface area contributed by atoms with Crippen LogP contribution >= 0.6 is 0 Å². The standard InChI is InChI=1S/C17H21N3O4/c1-19-7-8-20(11-15(19)21)17(23)12-4-2-5-13(10-12)18-16(22)14-6-3-9-24-14/h2,4-5,10,14H,3,6-9,11H2,1H3,(H,18,22)/t14-/m1/s1. The Labute approximate surface area is 140 Å². The van der Waals surface area contributed by atoms with Crippen LogP contribution in [0.15, 0.2) is 24.3 Å². The van der Waals surface area contributed by atoms with Crippen molar-refractivity contribution in [1.82, 2.24) is 9.80 Å². The van der Waals surface area contributed by atoms with Gasteiger partial charge < -0.3 is 19.9 Å². The molecular formula is C17H21N3O4. The van der Waals surface area contributed by atoms with E-state index in [-0.39, 0.29) is 24.3 Å². The normalized spacial score (nSPS) is 21.0. The van der Waals surface area contributed by atoms with Gasteiger partial charge >= 0.3 is 0 Å². The third-order valence-corrected chi connectivity index (χ3v) is 4.34. The molecular weight excluding hydrogens is 310 g/mol. The number of hydrogen-bond donors (Lipinski definition) is 1. The van der Waals surface area contributed by atoms with Gasteiger partial charge in [-0.1, -0.05) is 6.07 Å². The van der Waals surface area contributed by atoms with Crippen LogP contribution in [-0.2, 0) is 14.3 Å². The van der Waals surface area contributed by atoms with Gasteiger partial charge in [0, 0.05) is 38.0 Å². The molecule has 128 valence electrons. The summed E-state index contributed by atoms with van der Waals surface area (Å²) in [5, 5.41) is 2.79. The molecule has 2 saturated heterocycles. The first kappa shape index (κ1) is 16.4. The molecule has 0 saturated carbocycles. The number of amides is 3. The molecule has 1 N–H and O–H groups in total. The van der Waals surface area contributed by atoms with E-state index in [2.05, 4.69) is 5.32 Å². The van der Waals surface area contributed by atoms with Gasteiger partial charge in [-0.15, -0.1) is 0 Å². The topological polar surface area (TPSA) is 78.9 Å². The second kappa shape index (κ2) is 7.00. The van der Waals surface area contributed by atoms with E-state index in [0.717, 1.165) is 6.42 Å². The van der Waals surface area contributed by atoms with E-state index in [1.807, 2.05) is 0 Å². The summed E-state index contributed by atoms with van der Waals surface area (Å²) >= 11 is 0. The minimum absolute atomic E-state index is 0.0718. The van der Waals surface area contributed by atoms with Crippen molar-refractivity contribution in [1.29, 1.82) is 0 Å². The van der Waals surface area contributed by atoms with Crippen LogP contribution in [0.25, 0.3) is 0 Å². The Morgan fingerprint density at radius 1 is 1.29 bits per heavy atom. The van der Waals surface area contributed by atoms with Crippen molar-refractivity contribution in [3.63, 3.8) is 0 Å². The predicted octanol–water partition coefficient (Wildman–Crippen LogP) is 0.718. The van der Waals surface area contributed by atoms with Gasteiger partial charge in [-0.3, -0.25) is 14.4 Å². The summed E-state index contributed by atoms with van der Waals surface area (Å²) in [4.78, 5) is 39.6. The number of likely N-dealkylation sites (N-methyl/N-ethyl adjacent to an activating group) is 1. The fraction of sp³-hybridized carbons (Fsp3) is 0.471. The Morgan fingerprint density at radius 2 is 2.12 bits per heavy atom. The Kier molecular flexibility index (Phi) is 4.80. The van der Waals surface area contributed by atoms with Gasteiger partial charge in [-0.05, 0) is 31.0 Å². The summed E-state index contributed by atoms with van der Waals surface area (Å²) in [6, 6.07) is 6.78. The maximum Gasteiger partial charge on any atom is 0.254 e. The smallest absolute Gasteiger partial charge is 0.254 e. The molecule has 0 unspecified atom stereocenters. The molecule has 2 fully saturated rings. The second-order valence-electron chi connectivity index (χ2n) is 6.11. The summed E-state index contributed by atoms with van der Waals surface area (Å²) in [5.74, 6) is -0.464. The lowest BCUT2D eigenvalue weighted by atomic mass is 10.1. The summed E-state index contributed by atoms with van der Waals surface area (Å²) < 4.78 is 5.35. The average molecular weight is 331 g/mol. The summed E-state index contributed by atoms with van der Waals surface area (Å²) in [7, 11) is 1.73. The third-order valence-electron chi connectivity index (χ3n) is 4.34. The van der Waals surface area contributed by atoms with E-state index in [0.29, 0.717) is 37.4 Å². The quantitative estimate of drug-likeness (QED) is 0.885. The minimum Gasteiger partial charge on any atom is -0.368 e. The number of carbonyl (C=O) groups excluding carboxylic acids is 3. The lowest BCUT2D eigenvalue weighted by Gasteiger charge is -2.32. The van der Waals surface area contributed by atoms with Crippen LogP contribution in [-0.4, -0.2) is 66.9 Å². The van der Waals surface area contributed by atoms with Crippen LogP contribution < -0.4 is 5.32 Å². The van der Waals surface area contributed by atoms with E-state index >= 15 is 0 Å². The zero-order valence-electron chi connectivity index (χ0n) is 13.7. The van der Waals surface area contributed by atoms with Gasteiger partial charge in [0.15, 0.2) is 0 Å². The number of rotatable bonds is 3. The van der Waals surface area contributed by atoms with Crippen molar-refractivity contribution in [2.45, 2.75) is 18.9 Å². The number of nitrogens with zero attached hydrogens (tertiary/aromatic N) is 2. The van der Waals surface area contributed by atoms with E-state index in [9.17, 15) is 14.4 Å². The van der Waals surface area contributed by atoms with Crippen LogP contribution in [0.4, 0.5) is 5.69 Å². The Hall–Kier alpha value is -2.41. The van der Waals surface area contributed by atoms with Gasteiger partial charge in [0.05, 0.1) is 0 Å². The van der Waals surface area contributed by atoms with Crippen molar-refractivity contribution in [3.05, 3.63) is 29.8 Å². The number of carbonyl (C=O) groups is 3. The number of ether oxygens (including phenoxy) is 1. The fourth-order valence-electron chi connectivity index (χ4n) is 2.85. The van der Waals surface area contributed by atoms with Crippen molar-refractivity contribution < 1.29 is 19.1 Å². The van der Waals surface area contributed by atoms with Crippen molar-refractivity contribution in [2.24, 2.45) is 0 Å². The van der Waals surface area contributed by atoms with Crippen LogP contribution in [0.2, 0.25) is 0 Å². The van der Waals surface area contributed by atoms with Gasteiger partial charge in [0.1, 0.15) is 12.6 Å². The molecule has 0 aliphatic carbocycles. The lowest BCUT2D eigenvalue weighted by Crippen LogP contribution is -2.50. The lowest BCUT2D eigenvalue weighted by molar-refractivity contribution is -0.133. The second-order valence-corrected chi connectivity index (χ2v) is 6.11. The largest absolute Gasteiger partial charge is 0.368 e. The van der Waals surface area contributed by atoms with Gasteiger partial charge in [0.2, 0.25) is 5.91 Å². The maximum absolute atomic E-state index is 12.6. The van der Waals surface area contributed by atoms with E-state index in [4.69, 9.17) is 4.74 Å². The molecule has 0 radical (unpaired) electrons. The molecule has 1 atom stereocenters. The molecule has 24 heavy (non-hydrogen) atoms. The van der Waals surface area contributed by atoms with E-state index in [1.165, 1.54) is 4.90 Å². The summed E-state index contributed by atoms with van der Waals surface area (Å²) in [6.45, 7) is 1.73. The summed E-state index contributed by atoms with van der Waals surface area (Å²) in [5.41, 5.74) is 1.01. The molecule has 3 amide bonds. The van der Waals surface area contributed by atoms with Crippen LogP contribution in [0.3, 0.4) is 0 Å². The molecule has 0 spiro atoms. The number of hydrogen-bond acceptors (Lipinski definition) is 4. The minimum atomic E-state index is -0.417. The summed E-state index contributed by atoms with van der Waals surface area (Å²) in [6.07, 6.45) is 1.18. The maximum atomic E-state index is 12.6. The predicted molar refractivity (Wildman–Crippen MR) is 87.6 cm³/mol. The number of nitrogens with one attached hydrogen (secondary N) is 1. The number of piperazine rings is 1. The van der Waals surface area contributed by atoms with Gasteiger partial charge in [-0.2, -0.15) is 0 Å². The van der Waals surface area contributed by atoms with Gasteiger partial charge in [-0.25, -0.2) is 0 Å². The van der Waals surface area contributed by atoms with Crippen molar-refractivity contribution in [3.8, 4) is 0 Å². The zero-order valence-corrected chi connectivity index (χ0v) is 13.7. The molecule has 7 nitrogen and oxygen atoms in total. The molecule has 3 rings (SSSR count). The SMILES string of the molecule is CN1CCN(C(=O)c2cccc(NC(=O)[C@H]3CCCO3)c2)CC1=O. The van der Waals surface area contributed by atoms with Gasteiger partial charge in [0.25, 0.3) is 11.8 Å².